The highest BCUT2D eigenvalue weighted by Gasteiger charge is 2.13. The van der Waals surface area contributed by atoms with Gasteiger partial charge in [0, 0.05) is 30.8 Å². The first kappa shape index (κ1) is 14.2. The zero-order valence-electron chi connectivity index (χ0n) is 12.0. The van der Waals surface area contributed by atoms with Crippen molar-refractivity contribution in [3.05, 3.63) is 58.4 Å². The Balaban J connectivity index is 1.75. The van der Waals surface area contributed by atoms with Gasteiger partial charge in [-0.3, -0.25) is 0 Å². The third-order valence-electron chi connectivity index (χ3n) is 3.91. The molecular weight excluding hydrogens is 287 g/mol. The van der Waals surface area contributed by atoms with Crippen LogP contribution in [0.15, 0.2) is 36.4 Å². The molecule has 0 spiro atoms. The summed E-state index contributed by atoms with van der Waals surface area (Å²) < 4.78 is 13.7. The largest absolute Gasteiger partial charge is 0.379 e. The SMILES string of the molecule is CN1CCCc2cc(CNc3cc(Cl)ccc3F)ccc21. The van der Waals surface area contributed by atoms with E-state index in [0.29, 0.717) is 17.3 Å². The molecule has 0 bridgehead atoms. The van der Waals surface area contributed by atoms with Crippen LogP contribution in [-0.4, -0.2) is 13.6 Å². The lowest BCUT2D eigenvalue weighted by Crippen LogP contribution is -2.24. The molecule has 2 aromatic rings. The van der Waals surface area contributed by atoms with Crippen molar-refractivity contribution in [2.75, 3.05) is 23.8 Å². The van der Waals surface area contributed by atoms with E-state index in [4.69, 9.17) is 11.6 Å². The topological polar surface area (TPSA) is 15.3 Å². The fourth-order valence-corrected chi connectivity index (χ4v) is 2.95. The van der Waals surface area contributed by atoms with Crippen molar-refractivity contribution in [1.29, 1.82) is 0 Å². The molecule has 0 unspecified atom stereocenters. The second-order valence-corrected chi connectivity index (χ2v) is 5.90. The lowest BCUT2D eigenvalue weighted by molar-refractivity contribution is 0.630. The van der Waals surface area contributed by atoms with Crippen LogP contribution in [0, 0.1) is 5.82 Å². The summed E-state index contributed by atoms with van der Waals surface area (Å²) in [5.41, 5.74) is 4.27. The van der Waals surface area contributed by atoms with Crippen LogP contribution < -0.4 is 10.2 Å². The number of fused-ring (bicyclic) bond motifs is 1. The number of anilines is 2. The molecule has 0 radical (unpaired) electrons. The van der Waals surface area contributed by atoms with Gasteiger partial charge in [-0.15, -0.1) is 0 Å². The number of nitrogens with zero attached hydrogens (tertiary/aromatic N) is 1. The molecule has 0 aliphatic carbocycles. The van der Waals surface area contributed by atoms with E-state index >= 15 is 0 Å². The molecule has 3 rings (SSSR count). The predicted octanol–water partition coefficient (Wildman–Crippen LogP) is 4.47. The van der Waals surface area contributed by atoms with Crippen LogP contribution in [0.1, 0.15) is 17.5 Å². The minimum atomic E-state index is -0.280. The highest BCUT2D eigenvalue weighted by Crippen LogP contribution is 2.27. The van der Waals surface area contributed by atoms with Crippen molar-refractivity contribution in [3.8, 4) is 0 Å². The third kappa shape index (κ3) is 3.13. The van der Waals surface area contributed by atoms with Crippen LogP contribution in [0.5, 0.6) is 0 Å². The van der Waals surface area contributed by atoms with Crippen molar-refractivity contribution < 1.29 is 4.39 Å². The van der Waals surface area contributed by atoms with E-state index in [9.17, 15) is 4.39 Å². The van der Waals surface area contributed by atoms with E-state index in [0.717, 1.165) is 18.5 Å². The van der Waals surface area contributed by atoms with Gasteiger partial charge in [-0.1, -0.05) is 23.7 Å². The fraction of sp³-hybridized carbons (Fsp3) is 0.294. The highest BCUT2D eigenvalue weighted by molar-refractivity contribution is 6.30. The van der Waals surface area contributed by atoms with Crippen LogP contribution in [0.4, 0.5) is 15.8 Å². The molecule has 110 valence electrons. The normalized spacial score (nSPS) is 14.0. The van der Waals surface area contributed by atoms with Gasteiger partial charge in [0.15, 0.2) is 0 Å². The minimum absolute atomic E-state index is 0.280. The summed E-state index contributed by atoms with van der Waals surface area (Å²) >= 11 is 5.90. The Kier molecular flexibility index (Phi) is 4.02. The van der Waals surface area contributed by atoms with Gasteiger partial charge in [0.1, 0.15) is 5.82 Å². The van der Waals surface area contributed by atoms with Gasteiger partial charge in [0.2, 0.25) is 0 Å². The molecule has 1 aliphatic rings. The second kappa shape index (κ2) is 5.94. The smallest absolute Gasteiger partial charge is 0.146 e. The molecule has 1 heterocycles. The molecule has 2 aromatic carbocycles. The van der Waals surface area contributed by atoms with E-state index in [1.54, 1.807) is 12.1 Å². The van der Waals surface area contributed by atoms with Crippen molar-refractivity contribution in [3.63, 3.8) is 0 Å². The van der Waals surface area contributed by atoms with Crippen molar-refractivity contribution in [2.24, 2.45) is 0 Å². The zero-order chi connectivity index (χ0) is 14.8. The van der Waals surface area contributed by atoms with Gasteiger partial charge in [0.25, 0.3) is 0 Å². The number of halogens is 2. The van der Waals surface area contributed by atoms with Crippen LogP contribution in [0.25, 0.3) is 0 Å². The first-order valence-corrected chi connectivity index (χ1v) is 7.53. The van der Waals surface area contributed by atoms with Gasteiger partial charge < -0.3 is 10.2 Å². The number of hydrogen-bond acceptors (Lipinski definition) is 2. The fourth-order valence-electron chi connectivity index (χ4n) is 2.78. The van der Waals surface area contributed by atoms with Gasteiger partial charge in [0.05, 0.1) is 5.69 Å². The molecule has 21 heavy (non-hydrogen) atoms. The van der Waals surface area contributed by atoms with E-state index in [-0.39, 0.29) is 5.82 Å². The molecule has 2 nitrogen and oxygen atoms in total. The second-order valence-electron chi connectivity index (χ2n) is 5.47. The molecular formula is C17H18ClFN2. The quantitative estimate of drug-likeness (QED) is 0.900. The lowest BCUT2D eigenvalue weighted by Gasteiger charge is -2.27. The number of hydrogen-bond donors (Lipinski definition) is 1. The highest BCUT2D eigenvalue weighted by atomic mass is 35.5. The van der Waals surface area contributed by atoms with Crippen LogP contribution in [-0.2, 0) is 13.0 Å². The summed E-state index contributed by atoms with van der Waals surface area (Å²) in [5, 5.41) is 3.65. The number of rotatable bonds is 3. The molecule has 0 saturated carbocycles. The van der Waals surface area contributed by atoms with Gasteiger partial charge in [-0.2, -0.15) is 0 Å². The maximum absolute atomic E-state index is 13.7. The Bertz CT molecular complexity index is 657. The summed E-state index contributed by atoms with van der Waals surface area (Å²) in [6.07, 6.45) is 2.29. The van der Waals surface area contributed by atoms with Crippen LogP contribution in [0.3, 0.4) is 0 Å². The molecule has 0 atom stereocenters. The van der Waals surface area contributed by atoms with Gasteiger partial charge >= 0.3 is 0 Å². The molecule has 0 aromatic heterocycles. The van der Waals surface area contributed by atoms with E-state index in [2.05, 4.69) is 35.5 Å². The Hall–Kier alpha value is -1.74. The van der Waals surface area contributed by atoms with E-state index in [1.165, 1.54) is 23.7 Å². The van der Waals surface area contributed by atoms with Crippen LogP contribution >= 0.6 is 11.6 Å². The molecule has 0 amide bonds. The summed E-state index contributed by atoms with van der Waals surface area (Å²) in [7, 11) is 2.12. The molecule has 1 N–H and O–H groups in total. The minimum Gasteiger partial charge on any atom is -0.379 e. The average Bonchev–Trinajstić information content (AvgIpc) is 2.48. The summed E-state index contributed by atoms with van der Waals surface area (Å²) in [6.45, 7) is 1.70. The first-order valence-electron chi connectivity index (χ1n) is 7.15. The van der Waals surface area contributed by atoms with Crippen molar-refractivity contribution in [2.45, 2.75) is 19.4 Å². The van der Waals surface area contributed by atoms with Crippen LogP contribution in [0.2, 0.25) is 5.02 Å². The Morgan fingerprint density at radius 2 is 2.10 bits per heavy atom. The van der Waals surface area contributed by atoms with Gasteiger partial charge in [-0.25, -0.2) is 4.39 Å². The lowest BCUT2D eigenvalue weighted by atomic mass is 9.99. The maximum Gasteiger partial charge on any atom is 0.146 e. The van der Waals surface area contributed by atoms with E-state index in [1.807, 2.05) is 0 Å². The molecule has 1 aliphatic heterocycles. The van der Waals surface area contributed by atoms with Crippen molar-refractivity contribution >= 4 is 23.0 Å². The monoisotopic (exact) mass is 304 g/mol. The zero-order valence-corrected chi connectivity index (χ0v) is 12.8. The summed E-state index contributed by atoms with van der Waals surface area (Å²) in [5.74, 6) is -0.280. The standard InChI is InChI=1S/C17H18ClFN2/c1-21-8-2-3-13-9-12(4-7-17(13)21)11-20-16-10-14(18)5-6-15(16)19/h4-7,9-10,20H,2-3,8,11H2,1H3. The third-order valence-corrected chi connectivity index (χ3v) is 4.14. The predicted molar refractivity (Wildman–Crippen MR) is 86.8 cm³/mol. The Labute approximate surface area is 129 Å². The van der Waals surface area contributed by atoms with E-state index < -0.39 is 0 Å². The first-order chi connectivity index (χ1) is 10.1. The maximum atomic E-state index is 13.7. The number of benzene rings is 2. The number of nitrogens with one attached hydrogen (secondary N) is 1. The Morgan fingerprint density at radius 3 is 2.95 bits per heavy atom. The number of aryl methyl sites for hydroxylation is 1. The van der Waals surface area contributed by atoms with Gasteiger partial charge in [-0.05, 0) is 48.2 Å². The molecule has 0 saturated heterocycles. The van der Waals surface area contributed by atoms with Crippen molar-refractivity contribution in [1.82, 2.24) is 0 Å². The summed E-state index contributed by atoms with van der Waals surface area (Å²) in [6, 6.07) is 11.0. The molecule has 4 heteroatoms. The molecule has 0 fully saturated rings. The summed E-state index contributed by atoms with van der Waals surface area (Å²) in [4.78, 5) is 2.28. The average molecular weight is 305 g/mol. The Morgan fingerprint density at radius 1 is 1.24 bits per heavy atom.